The molecule has 1 saturated heterocycles. The minimum atomic E-state index is -0.0249. The lowest BCUT2D eigenvalue weighted by Crippen LogP contribution is -2.44. The van der Waals surface area contributed by atoms with Gasteiger partial charge in [0.15, 0.2) is 0 Å². The number of piperidine rings is 1. The number of hydrogen-bond donors (Lipinski definition) is 1. The number of likely N-dealkylation sites (tertiary alicyclic amines) is 1. The Bertz CT molecular complexity index is 326. The number of amides is 1. The van der Waals surface area contributed by atoms with Crippen molar-refractivity contribution in [3.63, 3.8) is 0 Å². The summed E-state index contributed by atoms with van der Waals surface area (Å²) in [5, 5.41) is 9.66. The summed E-state index contributed by atoms with van der Waals surface area (Å²) in [6.45, 7) is 2.05. The van der Waals surface area contributed by atoms with E-state index in [1.54, 1.807) is 0 Å². The monoisotopic (exact) mass is 282 g/mol. The SMILES string of the molecule is CN(CC1(CO)CCCC1)C(=O)CC1CCCCN1C. The minimum absolute atomic E-state index is 0.0249. The number of aliphatic hydroxyl groups is 1. The Balaban J connectivity index is 1.85. The van der Waals surface area contributed by atoms with Gasteiger partial charge in [0.1, 0.15) is 0 Å². The Kier molecular flexibility index (Phi) is 5.44. The van der Waals surface area contributed by atoms with Gasteiger partial charge in [-0.15, -0.1) is 0 Å². The van der Waals surface area contributed by atoms with Gasteiger partial charge in [0.05, 0.1) is 6.61 Å². The van der Waals surface area contributed by atoms with Gasteiger partial charge in [0.25, 0.3) is 0 Å². The zero-order valence-electron chi connectivity index (χ0n) is 13.1. The second-order valence-corrected chi connectivity index (χ2v) is 6.95. The van der Waals surface area contributed by atoms with E-state index in [0.717, 1.165) is 32.4 Å². The maximum atomic E-state index is 12.4. The number of aliphatic hydroxyl groups excluding tert-OH is 1. The third kappa shape index (κ3) is 3.73. The number of nitrogens with zero attached hydrogens (tertiary/aromatic N) is 2. The fraction of sp³-hybridized carbons (Fsp3) is 0.938. The quantitative estimate of drug-likeness (QED) is 0.837. The van der Waals surface area contributed by atoms with Gasteiger partial charge in [-0.2, -0.15) is 0 Å². The van der Waals surface area contributed by atoms with Crippen molar-refractivity contribution in [2.45, 2.75) is 57.4 Å². The van der Waals surface area contributed by atoms with Gasteiger partial charge in [0.2, 0.25) is 5.91 Å². The molecule has 2 fully saturated rings. The lowest BCUT2D eigenvalue weighted by atomic mass is 9.86. The van der Waals surface area contributed by atoms with Crippen LogP contribution >= 0.6 is 0 Å². The molecule has 1 aliphatic heterocycles. The Morgan fingerprint density at radius 1 is 1.30 bits per heavy atom. The molecule has 1 N–H and O–H groups in total. The molecule has 0 aromatic carbocycles. The standard InChI is InChI=1S/C16H30N2O2/c1-17-10-6-3-7-14(17)11-15(20)18(2)12-16(13-19)8-4-5-9-16/h14,19H,3-13H2,1-2H3. The number of hydrogen-bond acceptors (Lipinski definition) is 3. The first-order valence-corrected chi connectivity index (χ1v) is 8.11. The highest BCUT2D eigenvalue weighted by molar-refractivity contribution is 5.76. The fourth-order valence-electron chi connectivity index (χ4n) is 3.84. The highest BCUT2D eigenvalue weighted by atomic mass is 16.3. The fourth-order valence-corrected chi connectivity index (χ4v) is 3.84. The van der Waals surface area contributed by atoms with Crippen LogP contribution in [0, 0.1) is 5.41 Å². The Labute approximate surface area is 123 Å². The van der Waals surface area contributed by atoms with Crippen LogP contribution in [0.1, 0.15) is 51.4 Å². The topological polar surface area (TPSA) is 43.8 Å². The molecular formula is C16H30N2O2. The summed E-state index contributed by atoms with van der Waals surface area (Å²) in [5.41, 5.74) is -0.0249. The van der Waals surface area contributed by atoms with E-state index in [4.69, 9.17) is 0 Å². The maximum Gasteiger partial charge on any atom is 0.223 e. The normalized spacial score (nSPS) is 26.6. The van der Waals surface area contributed by atoms with Crippen LogP contribution in [0.15, 0.2) is 0 Å². The second-order valence-electron chi connectivity index (χ2n) is 6.95. The molecule has 0 bridgehead atoms. The molecule has 1 heterocycles. The van der Waals surface area contributed by atoms with Crippen molar-refractivity contribution in [1.29, 1.82) is 0 Å². The average Bonchev–Trinajstić information content (AvgIpc) is 2.90. The van der Waals surface area contributed by atoms with Gasteiger partial charge in [-0.05, 0) is 39.3 Å². The molecule has 116 valence electrons. The van der Waals surface area contributed by atoms with Crippen molar-refractivity contribution in [2.24, 2.45) is 5.41 Å². The number of rotatable bonds is 5. The highest BCUT2D eigenvalue weighted by Gasteiger charge is 2.35. The molecule has 0 radical (unpaired) electrons. The summed E-state index contributed by atoms with van der Waals surface area (Å²) in [4.78, 5) is 16.6. The van der Waals surface area contributed by atoms with E-state index in [1.807, 2.05) is 11.9 Å². The second kappa shape index (κ2) is 6.90. The molecule has 1 atom stereocenters. The lowest BCUT2D eigenvalue weighted by molar-refractivity contribution is -0.133. The smallest absolute Gasteiger partial charge is 0.223 e. The summed E-state index contributed by atoms with van der Waals surface area (Å²) < 4.78 is 0. The van der Waals surface area contributed by atoms with Crippen molar-refractivity contribution in [3.05, 3.63) is 0 Å². The van der Waals surface area contributed by atoms with Crippen LogP contribution < -0.4 is 0 Å². The first kappa shape index (κ1) is 15.8. The van der Waals surface area contributed by atoms with Crippen molar-refractivity contribution in [3.8, 4) is 0 Å². The summed E-state index contributed by atoms with van der Waals surface area (Å²) in [7, 11) is 4.03. The summed E-state index contributed by atoms with van der Waals surface area (Å²) in [6, 6.07) is 0.410. The molecule has 2 rings (SSSR count). The van der Waals surface area contributed by atoms with E-state index >= 15 is 0 Å². The van der Waals surface area contributed by atoms with E-state index in [1.165, 1.54) is 25.7 Å². The van der Waals surface area contributed by atoms with Gasteiger partial charge in [-0.25, -0.2) is 0 Å². The molecule has 0 spiro atoms. The Morgan fingerprint density at radius 2 is 2.00 bits per heavy atom. The summed E-state index contributed by atoms with van der Waals surface area (Å²) >= 11 is 0. The zero-order chi connectivity index (χ0) is 14.6. The van der Waals surface area contributed by atoms with Gasteiger partial charge in [-0.3, -0.25) is 4.79 Å². The number of carbonyl (C=O) groups is 1. The van der Waals surface area contributed by atoms with Crippen LogP contribution in [-0.4, -0.2) is 60.6 Å². The molecule has 20 heavy (non-hydrogen) atoms. The molecule has 4 nitrogen and oxygen atoms in total. The van der Waals surface area contributed by atoms with Crippen LogP contribution in [0.25, 0.3) is 0 Å². The molecule has 1 aliphatic carbocycles. The van der Waals surface area contributed by atoms with Crippen molar-refractivity contribution < 1.29 is 9.90 Å². The van der Waals surface area contributed by atoms with Gasteiger partial charge in [-0.1, -0.05) is 19.3 Å². The van der Waals surface area contributed by atoms with Crippen molar-refractivity contribution >= 4 is 5.91 Å². The van der Waals surface area contributed by atoms with Crippen molar-refractivity contribution in [1.82, 2.24) is 9.80 Å². The molecular weight excluding hydrogens is 252 g/mol. The van der Waals surface area contributed by atoms with E-state index in [9.17, 15) is 9.90 Å². The highest BCUT2D eigenvalue weighted by Crippen LogP contribution is 2.38. The van der Waals surface area contributed by atoms with Crippen LogP contribution in [-0.2, 0) is 4.79 Å². The van der Waals surface area contributed by atoms with Gasteiger partial charge < -0.3 is 14.9 Å². The van der Waals surface area contributed by atoms with Crippen LogP contribution in [0.4, 0.5) is 0 Å². The molecule has 1 unspecified atom stereocenters. The molecule has 0 aromatic rings. The molecule has 0 aromatic heterocycles. The van der Waals surface area contributed by atoms with Crippen LogP contribution in [0.2, 0.25) is 0 Å². The van der Waals surface area contributed by atoms with E-state index < -0.39 is 0 Å². The molecule has 2 aliphatic rings. The zero-order valence-corrected chi connectivity index (χ0v) is 13.1. The molecule has 4 heteroatoms. The average molecular weight is 282 g/mol. The van der Waals surface area contributed by atoms with Gasteiger partial charge in [0, 0.05) is 31.5 Å². The lowest BCUT2D eigenvalue weighted by Gasteiger charge is -2.35. The third-order valence-corrected chi connectivity index (χ3v) is 5.33. The third-order valence-electron chi connectivity index (χ3n) is 5.33. The van der Waals surface area contributed by atoms with E-state index in [2.05, 4.69) is 11.9 Å². The van der Waals surface area contributed by atoms with E-state index in [-0.39, 0.29) is 17.9 Å². The summed E-state index contributed by atoms with van der Waals surface area (Å²) in [5.74, 6) is 0.239. The van der Waals surface area contributed by atoms with Gasteiger partial charge >= 0.3 is 0 Å². The largest absolute Gasteiger partial charge is 0.396 e. The maximum absolute atomic E-state index is 12.4. The summed E-state index contributed by atoms with van der Waals surface area (Å²) in [6.07, 6.45) is 8.77. The Morgan fingerprint density at radius 3 is 2.60 bits per heavy atom. The predicted molar refractivity (Wildman–Crippen MR) is 80.5 cm³/mol. The van der Waals surface area contributed by atoms with Crippen LogP contribution in [0.3, 0.4) is 0 Å². The van der Waals surface area contributed by atoms with Crippen LogP contribution in [0.5, 0.6) is 0 Å². The first-order chi connectivity index (χ1) is 9.56. The molecule has 1 amide bonds. The molecule has 1 saturated carbocycles. The van der Waals surface area contributed by atoms with Crippen molar-refractivity contribution in [2.75, 3.05) is 33.8 Å². The minimum Gasteiger partial charge on any atom is -0.396 e. The first-order valence-electron chi connectivity index (χ1n) is 8.11. The van der Waals surface area contributed by atoms with E-state index in [0.29, 0.717) is 12.5 Å². The predicted octanol–water partition coefficient (Wildman–Crippen LogP) is 1.87. The number of carbonyl (C=O) groups excluding carboxylic acids is 1. The Hall–Kier alpha value is -0.610.